The number of hydrogen-bond acceptors (Lipinski definition) is 5. The number of carbonyl (C=O) groups excluding carboxylic acids is 3. The maximum Gasteiger partial charge on any atom is 0.436 e. The molecule has 2 aromatic carbocycles. The number of hydroxylamine groups is 1. The SMILES string of the molecule is O=C(CCCCCCC(=O)Nc1ccccc1)NOC(=O)Nc1ccc(-c2cccs2)cc1. The third-order valence-corrected chi connectivity index (χ3v) is 5.73. The van der Waals surface area contributed by atoms with E-state index < -0.39 is 6.09 Å². The average molecular weight is 466 g/mol. The number of carbonyl (C=O) groups is 3. The predicted octanol–water partition coefficient (Wildman–Crippen LogP) is 5.97. The number of para-hydroxylation sites is 1. The molecule has 0 fully saturated rings. The highest BCUT2D eigenvalue weighted by Crippen LogP contribution is 2.25. The van der Waals surface area contributed by atoms with Gasteiger partial charge in [-0.15, -0.1) is 11.3 Å². The monoisotopic (exact) mass is 465 g/mol. The molecule has 1 aromatic heterocycles. The molecular formula is C25H27N3O4S. The van der Waals surface area contributed by atoms with Crippen molar-refractivity contribution < 1.29 is 19.2 Å². The first-order chi connectivity index (χ1) is 16.1. The highest BCUT2D eigenvalue weighted by atomic mass is 32.1. The summed E-state index contributed by atoms with van der Waals surface area (Å²) in [5, 5.41) is 7.43. The molecule has 7 nitrogen and oxygen atoms in total. The minimum atomic E-state index is -0.753. The second-order valence-corrected chi connectivity index (χ2v) is 8.37. The molecule has 0 radical (unpaired) electrons. The molecule has 0 unspecified atom stereocenters. The zero-order chi connectivity index (χ0) is 23.3. The van der Waals surface area contributed by atoms with Gasteiger partial charge in [0.1, 0.15) is 0 Å². The van der Waals surface area contributed by atoms with E-state index in [4.69, 9.17) is 4.84 Å². The summed E-state index contributed by atoms with van der Waals surface area (Å²) in [6.45, 7) is 0. The maximum absolute atomic E-state index is 11.9. The number of amides is 3. The molecule has 0 bridgehead atoms. The first kappa shape index (κ1) is 24.0. The van der Waals surface area contributed by atoms with Gasteiger partial charge in [-0.1, -0.05) is 49.2 Å². The van der Waals surface area contributed by atoms with Gasteiger partial charge < -0.3 is 10.2 Å². The Bertz CT molecular complexity index is 1020. The van der Waals surface area contributed by atoms with Crippen molar-refractivity contribution in [3.05, 3.63) is 72.1 Å². The minimum Gasteiger partial charge on any atom is -0.326 e. The summed E-state index contributed by atoms with van der Waals surface area (Å²) < 4.78 is 0. The number of unbranched alkanes of at least 4 members (excludes halogenated alkanes) is 3. The summed E-state index contributed by atoms with van der Waals surface area (Å²) in [5.74, 6) is -0.375. The summed E-state index contributed by atoms with van der Waals surface area (Å²) in [5.41, 5.74) is 4.59. The lowest BCUT2D eigenvalue weighted by atomic mass is 10.1. The van der Waals surface area contributed by atoms with Crippen molar-refractivity contribution in [2.45, 2.75) is 38.5 Å². The summed E-state index contributed by atoms with van der Waals surface area (Å²) >= 11 is 1.64. The van der Waals surface area contributed by atoms with E-state index in [2.05, 4.69) is 16.1 Å². The lowest BCUT2D eigenvalue weighted by Gasteiger charge is -2.08. The fraction of sp³-hybridized carbons (Fsp3) is 0.240. The molecule has 3 rings (SSSR count). The Morgan fingerprint density at radius 2 is 1.36 bits per heavy atom. The Morgan fingerprint density at radius 1 is 0.697 bits per heavy atom. The molecule has 0 aliphatic heterocycles. The van der Waals surface area contributed by atoms with Crippen LogP contribution in [0.5, 0.6) is 0 Å². The molecule has 3 amide bonds. The lowest BCUT2D eigenvalue weighted by Crippen LogP contribution is -2.29. The minimum absolute atomic E-state index is 0.0143. The van der Waals surface area contributed by atoms with Gasteiger partial charge >= 0.3 is 6.09 Å². The van der Waals surface area contributed by atoms with E-state index in [1.54, 1.807) is 23.5 Å². The standard InChI is InChI=1S/C25H27N3O4S/c29-23(26-20-9-4-3-5-10-20)12-6-1-2-7-13-24(30)28-32-25(31)27-21-16-14-19(15-17-21)22-11-8-18-33-22/h3-5,8-11,14-18H,1-2,6-7,12-13H2,(H,26,29)(H,27,31)(H,28,30). The van der Waals surface area contributed by atoms with Crippen molar-refractivity contribution in [3.63, 3.8) is 0 Å². The van der Waals surface area contributed by atoms with E-state index in [9.17, 15) is 14.4 Å². The maximum atomic E-state index is 11.9. The van der Waals surface area contributed by atoms with Gasteiger partial charge in [0.15, 0.2) is 0 Å². The van der Waals surface area contributed by atoms with Crippen LogP contribution in [0.1, 0.15) is 38.5 Å². The molecule has 0 atom stereocenters. The molecule has 0 aliphatic carbocycles. The Morgan fingerprint density at radius 3 is 2.03 bits per heavy atom. The van der Waals surface area contributed by atoms with Crippen LogP contribution in [0.4, 0.5) is 16.2 Å². The van der Waals surface area contributed by atoms with Crippen molar-refractivity contribution in [3.8, 4) is 10.4 Å². The van der Waals surface area contributed by atoms with Crippen LogP contribution in [0.2, 0.25) is 0 Å². The smallest absolute Gasteiger partial charge is 0.326 e. The van der Waals surface area contributed by atoms with Crippen LogP contribution in [-0.2, 0) is 14.4 Å². The van der Waals surface area contributed by atoms with E-state index in [-0.39, 0.29) is 18.2 Å². The normalized spacial score (nSPS) is 10.3. The lowest BCUT2D eigenvalue weighted by molar-refractivity contribution is -0.129. The average Bonchev–Trinajstić information content (AvgIpc) is 3.36. The van der Waals surface area contributed by atoms with Crippen LogP contribution in [0.25, 0.3) is 10.4 Å². The van der Waals surface area contributed by atoms with Crippen molar-refractivity contribution in [2.24, 2.45) is 0 Å². The number of thiophene rings is 1. The van der Waals surface area contributed by atoms with Crippen LogP contribution in [0, 0.1) is 0 Å². The molecule has 3 aromatic rings. The first-order valence-corrected chi connectivity index (χ1v) is 11.7. The predicted molar refractivity (Wildman–Crippen MR) is 131 cm³/mol. The van der Waals surface area contributed by atoms with E-state index in [0.717, 1.165) is 35.4 Å². The molecule has 0 saturated carbocycles. The molecule has 1 heterocycles. The molecule has 33 heavy (non-hydrogen) atoms. The molecule has 3 N–H and O–H groups in total. The largest absolute Gasteiger partial charge is 0.436 e. The highest BCUT2D eigenvalue weighted by molar-refractivity contribution is 7.13. The van der Waals surface area contributed by atoms with Crippen molar-refractivity contribution in [2.75, 3.05) is 10.6 Å². The van der Waals surface area contributed by atoms with Crippen LogP contribution >= 0.6 is 11.3 Å². The molecular weight excluding hydrogens is 438 g/mol. The van der Waals surface area contributed by atoms with Crippen molar-refractivity contribution in [1.29, 1.82) is 0 Å². The van der Waals surface area contributed by atoms with Gasteiger partial charge in [-0.3, -0.25) is 14.9 Å². The zero-order valence-electron chi connectivity index (χ0n) is 18.2. The van der Waals surface area contributed by atoms with Crippen LogP contribution in [0.15, 0.2) is 72.1 Å². The molecule has 0 saturated heterocycles. The van der Waals surface area contributed by atoms with E-state index in [0.29, 0.717) is 18.5 Å². The Hall–Kier alpha value is -3.65. The fourth-order valence-electron chi connectivity index (χ4n) is 3.13. The van der Waals surface area contributed by atoms with Gasteiger partial charge in [0.25, 0.3) is 5.91 Å². The third-order valence-electron chi connectivity index (χ3n) is 4.81. The van der Waals surface area contributed by atoms with Crippen molar-refractivity contribution in [1.82, 2.24) is 5.48 Å². The van der Waals surface area contributed by atoms with E-state index in [1.165, 1.54) is 0 Å². The summed E-state index contributed by atoms with van der Waals surface area (Å²) in [7, 11) is 0. The number of anilines is 2. The third kappa shape index (κ3) is 8.78. The summed E-state index contributed by atoms with van der Waals surface area (Å²) in [6.07, 6.45) is 3.01. The highest BCUT2D eigenvalue weighted by Gasteiger charge is 2.08. The Balaban J connectivity index is 1.22. The number of nitrogens with one attached hydrogen (secondary N) is 3. The van der Waals surface area contributed by atoms with Gasteiger partial charge in [0, 0.05) is 29.1 Å². The van der Waals surface area contributed by atoms with Crippen molar-refractivity contribution >= 4 is 40.6 Å². The van der Waals surface area contributed by atoms with Crippen LogP contribution < -0.4 is 16.1 Å². The number of benzene rings is 2. The number of rotatable bonds is 10. The molecule has 172 valence electrons. The second-order valence-electron chi connectivity index (χ2n) is 7.42. The van der Waals surface area contributed by atoms with Gasteiger partial charge in [-0.25, -0.2) is 4.79 Å². The van der Waals surface area contributed by atoms with Gasteiger partial charge in [0.05, 0.1) is 0 Å². The first-order valence-electron chi connectivity index (χ1n) is 10.9. The molecule has 0 aliphatic rings. The Kier molecular flexibility index (Phi) is 9.47. The molecule has 0 spiro atoms. The molecule has 8 heteroatoms. The van der Waals surface area contributed by atoms with E-state index >= 15 is 0 Å². The van der Waals surface area contributed by atoms with Gasteiger partial charge in [-0.2, -0.15) is 5.48 Å². The van der Waals surface area contributed by atoms with Gasteiger partial charge in [0.2, 0.25) is 5.91 Å². The summed E-state index contributed by atoms with van der Waals surface area (Å²) in [4.78, 5) is 41.5. The number of hydrogen-bond donors (Lipinski definition) is 3. The fourth-order valence-corrected chi connectivity index (χ4v) is 3.86. The van der Waals surface area contributed by atoms with Crippen LogP contribution in [0.3, 0.4) is 0 Å². The quantitative estimate of drug-likeness (QED) is 0.254. The topological polar surface area (TPSA) is 96.5 Å². The van der Waals surface area contributed by atoms with Gasteiger partial charge in [-0.05, 0) is 54.1 Å². The zero-order valence-corrected chi connectivity index (χ0v) is 19.0. The summed E-state index contributed by atoms with van der Waals surface area (Å²) in [6, 6.07) is 20.7. The van der Waals surface area contributed by atoms with E-state index in [1.807, 2.05) is 60.0 Å². The Labute approximate surface area is 197 Å². The van der Waals surface area contributed by atoms with Crippen LogP contribution in [-0.4, -0.2) is 17.9 Å². The second kappa shape index (κ2) is 13.0.